The van der Waals surface area contributed by atoms with Crippen LogP contribution in [0.3, 0.4) is 0 Å². The molecule has 0 aliphatic heterocycles. The molecule has 10 N–H and O–H groups in total. The van der Waals surface area contributed by atoms with Gasteiger partial charge in [-0.05, 0) is 69.2 Å². The Labute approximate surface area is 229 Å². The summed E-state index contributed by atoms with van der Waals surface area (Å²) in [5, 5.41) is 17.6. The average molecular weight is 553 g/mol. The average Bonchev–Trinajstić information content (AvgIpc) is 2.90. The minimum absolute atomic E-state index is 0.148. The second-order valence-electron chi connectivity index (χ2n) is 9.17. The molecule has 0 radical (unpaired) electrons. The van der Waals surface area contributed by atoms with Gasteiger partial charge >= 0.3 is 5.97 Å². The lowest BCUT2D eigenvalue weighted by Gasteiger charge is -2.25. The molecule has 0 aliphatic rings. The van der Waals surface area contributed by atoms with Gasteiger partial charge in [0.05, 0.1) is 6.04 Å². The van der Waals surface area contributed by atoms with Gasteiger partial charge in [0.15, 0.2) is 0 Å². The first-order valence-electron chi connectivity index (χ1n) is 13.1. The highest BCUT2D eigenvalue weighted by molar-refractivity contribution is 7.98. The first-order chi connectivity index (χ1) is 18.2. The van der Waals surface area contributed by atoms with Crippen LogP contribution in [0.5, 0.6) is 0 Å². The molecule has 0 heterocycles. The van der Waals surface area contributed by atoms with E-state index in [-0.39, 0.29) is 12.8 Å². The summed E-state index contributed by atoms with van der Waals surface area (Å²) < 4.78 is 0. The molecule has 1 aromatic carbocycles. The first-order valence-corrected chi connectivity index (χ1v) is 14.4. The van der Waals surface area contributed by atoms with Crippen molar-refractivity contribution in [2.24, 2.45) is 17.2 Å². The summed E-state index contributed by atoms with van der Waals surface area (Å²) in [6.45, 7) is 0.940. The minimum atomic E-state index is -1.15. The highest BCUT2D eigenvalue weighted by atomic mass is 32.2. The van der Waals surface area contributed by atoms with Gasteiger partial charge in [-0.3, -0.25) is 14.4 Å². The number of carbonyl (C=O) groups excluding carboxylic acids is 3. The van der Waals surface area contributed by atoms with E-state index in [1.165, 1.54) is 11.8 Å². The van der Waals surface area contributed by atoms with Crippen LogP contribution in [0.25, 0.3) is 0 Å². The van der Waals surface area contributed by atoms with Gasteiger partial charge in [-0.1, -0.05) is 36.8 Å². The number of benzene rings is 1. The predicted molar refractivity (Wildman–Crippen MR) is 150 cm³/mol. The van der Waals surface area contributed by atoms with Crippen molar-refractivity contribution in [3.63, 3.8) is 0 Å². The van der Waals surface area contributed by atoms with Crippen molar-refractivity contribution < 1.29 is 24.3 Å². The highest BCUT2D eigenvalue weighted by Crippen LogP contribution is 2.09. The van der Waals surface area contributed by atoms with Crippen LogP contribution in [-0.4, -0.2) is 78.1 Å². The summed E-state index contributed by atoms with van der Waals surface area (Å²) in [6, 6.07) is 5.24. The van der Waals surface area contributed by atoms with Crippen molar-refractivity contribution >= 4 is 35.5 Å². The van der Waals surface area contributed by atoms with E-state index in [2.05, 4.69) is 16.0 Å². The lowest BCUT2D eigenvalue weighted by molar-refractivity contribution is -0.142. The van der Waals surface area contributed by atoms with Gasteiger partial charge in [0, 0.05) is 6.42 Å². The number of amides is 3. The molecule has 38 heavy (non-hydrogen) atoms. The lowest BCUT2D eigenvalue weighted by atomic mass is 10.0. The fourth-order valence-corrected chi connectivity index (χ4v) is 4.25. The van der Waals surface area contributed by atoms with Crippen LogP contribution in [0.2, 0.25) is 0 Å². The fraction of sp³-hybridized carbons (Fsp3) is 0.615. The maximum Gasteiger partial charge on any atom is 0.326 e. The standard InChI is InChI=1S/C26H44N6O5S/c1-38-16-13-21(26(36)37)31-25(35)22(17-18-9-3-2-4-10-18)32-24(34)20(12-6-8-15-28)30-23(33)19(29)11-5-7-14-27/h2-4,9-10,19-22H,5-8,11-17,27-29H2,1H3,(H,30,33)(H,31,35)(H,32,34)(H,36,37). The molecular formula is C26H44N6O5S. The number of thioether (sulfide) groups is 1. The molecule has 4 unspecified atom stereocenters. The van der Waals surface area contributed by atoms with Crippen LogP contribution in [0, 0.1) is 0 Å². The van der Waals surface area contributed by atoms with Crippen LogP contribution in [-0.2, 0) is 25.6 Å². The number of nitrogens with one attached hydrogen (secondary N) is 3. The van der Waals surface area contributed by atoms with Crippen molar-refractivity contribution in [1.29, 1.82) is 0 Å². The van der Waals surface area contributed by atoms with Crippen LogP contribution < -0.4 is 33.2 Å². The number of unbranched alkanes of at least 4 members (excludes halogenated alkanes) is 2. The summed E-state index contributed by atoms with van der Waals surface area (Å²) in [6.07, 6.45) is 5.67. The summed E-state index contributed by atoms with van der Waals surface area (Å²) in [7, 11) is 0. The number of carboxylic acid groups (broad SMARTS) is 1. The highest BCUT2D eigenvalue weighted by Gasteiger charge is 2.30. The van der Waals surface area contributed by atoms with Crippen molar-refractivity contribution in [3.05, 3.63) is 35.9 Å². The molecule has 0 spiro atoms. The van der Waals surface area contributed by atoms with Crippen LogP contribution in [0.4, 0.5) is 0 Å². The molecule has 0 saturated carbocycles. The molecule has 3 amide bonds. The van der Waals surface area contributed by atoms with Crippen molar-refractivity contribution in [1.82, 2.24) is 16.0 Å². The topological polar surface area (TPSA) is 203 Å². The van der Waals surface area contributed by atoms with E-state index in [1.54, 1.807) is 0 Å². The third-order valence-corrected chi connectivity index (χ3v) is 6.67. The van der Waals surface area contributed by atoms with Crippen molar-refractivity contribution in [2.45, 2.75) is 75.5 Å². The molecule has 0 aliphatic carbocycles. The molecular weight excluding hydrogens is 508 g/mol. The Hall–Kier alpha value is -2.67. The van der Waals surface area contributed by atoms with E-state index >= 15 is 0 Å². The minimum Gasteiger partial charge on any atom is -0.480 e. The van der Waals surface area contributed by atoms with E-state index < -0.39 is 47.9 Å². The molecule has 0 bridgehead atoms. The number of hydrogen-bond donors (Lipinski definition) is 7. The molecule has 12 heteroatoms. The van der Waals surface area contributed by atoms with Gasteiger partial charge in [0.2, 0.25) is 17.7 Å². The molecule has 0 saturated heterocycles. The van der Waals surface area contributed by atoms with Crippen molar-refractivity contribution in [2.75, 3.05) is 25.1 Å². The number of aliphatic carboxylic acids is 1. The Morgan fingerprint density at radius 1 is 0.789 bits per heavy atom. The Balaban J connectivity index is 3.05. The van der Waals surface area contributed by atoms with Gasteiger partial charge in [0.1, 0.15) is 18.1 Å². The normalized spacial score (nSPS) is 14.1. The second-order valence-corrected chi connectivity index (χ2v) is 10.2. The summed E-state index contributed by atoms with van der Waals surface area (Å²) in [5.41, 5.74) is 17.9. The quantitative estimate of drug-likeness (QED) is 0.110. The Morgan fingerprint density at radius 2 is 1.34 bits per heavy atom. The van der Waals surface area contributed by atoms with E-state index in [4.69, 9.17) is 17.2 Å². The Kier molecular flexibility index (Phi) is 17.0. The smallest absolute Gasteiger partial charge is 0.326 e. The monoisotopic (exact) mass is 552 g/mol. The zero-order valence-electron chi connectivity index (χ0n) is 22.2. The van der Waals surface area contributed by atoms with Gasteiger partial charge in [0.25, 0.3) is 0 Å². The van der Waals surface area contributed by atoms with Gasteiger partial charge < -0.3 is 38.3 Å². The number of carboxylic acids is 1. The molecule has 1 rings (SSSR count). The number of nitrogens with two attached hydrogens (primary N) is 3. The third-order valence-electron chi connectivity index (χ3n) is 6.03. The second kappa shape index (κ2) is 19.4. The molecule has 4 atom stereocenters. The number of hydrogen-bond acceptors (Lipinski definition) is 8. The number of rotatable bonds is 20. The fourth-order valence-electron chi connectivity index (χ4n) is 3.78. The zero-order valence-corrected chi connectivity index (χ0v) is 23.0. The Bertz CT molecular complexity index is 860. The van der Waals surface area contributed by atoms with Crippen LogP contribution in [0.1, 0.15) is 50.5 Å². The summed E-state index contributed by atoms with van der Waals surface area (Å²) >= 11 is 1.47. The summed E-state index contributed by atoms with van der Waals surface area (Å²) in [5.74, 6) is -2.21. The third kappa shape index (κ3) is 13.2. The first kappa shape index (κ1) is 33.4. The molecule has 0 fully saturated rings. The van der Waals surface area contributed by atoms with Crippen LogP contribution in [0.15, 0.2) is 30.3 Å². The predicted octanol–water partition coefficient (Wildman–Crippen LogP) is 0.107. The summed E-state index contributed by atoms with van der Waals surface area (Å²) in [4.78, 5) is 50.9. The zero-order chi connectivity index (χ0) is 28.3. The van der Waals surface area contributed by atoms with E-state index in [9.17, 15) is 24.3 Å². The molecule has 214 valence electrons. The van der Waals surface area contributed by atoms with Gasteiger partial charge in [-0.15, -0.1) is 0 Å². The molecule has 0 aromatic heterocycles. The number of carbonyl (C=O) groups is 4. The SMILES string of the molecule is CSCCC(NC(=O)C(Cc1ccccc1)NC(=O)C(CCCCN)NC(=O)C(N)CCCCN)C(=O)O. The van der Waals surface area contributed by atoms with Crippen LogP contribution >= 0.6 is 11.8 Å². The van der Waals surface area contributed by atoms with Gasteiger partial charge in [-0.25, -0.2) is 4.79 Å². The van der Waals surface area contributed by atoms with Crippen molar-refractivity contribution in [3.8, 4) is 0 Å². The maximum atomic E-state index is 13.3. The molecule has 11 nitrogen and oxygen atoms in total. The van der Waals surface area contributed by atoms with E-state index in [0.29, 0.717) is 50.9 Å². The molecule has 1 aromatic rings. The maximum absolute atomic E-state index is 13.3. The van der Waals surface area contributed by atoms with E-state index in [1.807, 2.05) is 36.6 Å². The lowest BCUT2D eigenvalue weighted by Crippen LogP contribution is -2.57. The Morgan fingerprint density at radius 3 is 1.92 bits per heavy atom. The van der Waals surface area contributed by atoms with Gasteiger partial charge in [-0.2, -0.15) is 11.8 Å². The van der Waals surface area contributed by atoms with E-state index in [0.717, 1.165) is 12.0 Å². The largest absolute Gasteiger partial charge is 0.480 e.